The van der Waals surface area contributed by atoms with Gasteiger partial charge >= 0.3 is 0 Å². The van der Waals surface area contributed by atoms with Gasteiger partial charge in [0, 0.05) is 5.56 Å². The summed E-state index contributed by atoms with van der Waals surface area (Å²) >= 11 is 0. The summed E-state index contributed by atoms with van der Waals surface area (Å²) in [6.07, 6.45) is -0.506. The van der Waals surface area contributed by atoms with Crippen molar-refractivity contribution in [1.82, 2.24) is 5.48 Å². The van der Waals surface area contributed by atoms with E-state index < -0.39 is 15.9 Å². The van der Waals surface area contributed by atoms with Gasteiger partial charge in [-0.2, -0.15) is 0 Å². The molecule has 0 amide bonds. The van der Waals surface area contributed by atoms with Crippen molar-refractivity contribution >= 4 is 15.7 Å². The van der Waals surface area contributed by atoms with Crippen LogP contribution in [0, 0.1) is 6.92 Å². The van der Waals surface area contributed by atoms with Crippen LogP contribution < -0.4 is 5.48 Å². The van der Waals surface area contributed by atoms with Crippen molar-refractivity contribution in [1.29, 1.82) is 0 Å². The minimum atomic E-state index is -3.39. The van der Waals surface area contributed by atoms with Gasteiger partial charge in [0.05, 0.1) is 17.2 Å². The molecular weight excluding hydrogens is 312 g/mol. The third-order valence-corrected chi connectivity index (χ3v) is 5.41. The summed E-state index contributed by atoms with van der Waals surface area (Å²) in [6, 6.07) is 16.4. The molecule has 1 aliphatic rings. The van der Waals surface area contributed by atoms with E-state index >= 15 is 0 Å². The molecule has 1 atom stereocenters. The van der Waals surface area contributed by atoms with Crippen LogP contribution in [-0.2, 0) is 14.7 Å². The summed E-state index contributed by atoms with van der Waals surface area (Å²) in [5.74, 6) is 0.517. The molecule has 3 rings (SSSR count). The van der Waals surface area contributed by atoms with Gasteiger partial charge in [0.25, 0.3) is 0 Å². The number of aliphatic imine (C=N–C) groups is 1. The first kappa shape index (κ1) is 15.7. The van der Waals surface area contributed by atoms with Crippen molar-refractivity contribution in [3.8, 4) is 0 Å². The number of hydrogen-bond donors (Lipinski definition) is 1. The highest BCUT2D eigenvalue weighted by Gasteiger charge is 2.25. The number of sulfone groups is 1. The number of nitrogens with one attached hydrogen (secondary N) is 1. The van der Waals surface area contributed by atoms with E-state index in [1.54, 1.807) is 24.3 Å². The first-order valence-corrected chi connectivity index (χ1v) is 9.01. The standard InChI is InChI=1S/C17H18N2O3S/c1-13-7-9-16(10-8-13)23(20,21)12-15-11-18-17(19-22-15)14-5-3-2-4-6-14/h2-10,15H,11-12H2,1H3,(H,18,19). The molecular formula is C17H18N2O3S. The maximum Gasteiger partial charge on any atom is 0.181 e. The quantitative estimate of drug-likeness (QED) is 0.932. The summed E-state index contributed by atoms with van der Waals surface area (Å²) in [6.45, 7) is 2.23. The molecule has 0 saturated carbocycles. The van der Waals surface area contributed by atoms with Crippen LogP contribution in [0.4, 0.5) is 0 Å². The molecule has 0 fully saturated rings. The molecule has 5 nitrogen and oxygen atoms in total. The van der Waals surface area contributed by atoms with Gasteiger partial charge in [0.1, 0.15) is 6.10 Å². The Hall–Kier alpha value is -2.18. The zero-order valence-corrected chi connectivity index (χ0v) is 13.6. The Morgan fingerprint density at radius 3 is 2.43 bits per heavy atom. The summed E-state index contributed by atoms with van der Waals surface area (Å²) in [4.78, 5) is 10.2. The van der Waals surface area contributed by atoms with Gasteiger partial charge < -0.3 is 0 Å². The second-order valence-electron chi connectivity index (χ2n) is 5.49. The van der Waals surface area contributed by atoms with Crippen LogP contribution in [0.15, 0.2) is 64.5 Å². The number of benzene rings is 2. The molecule has 1 unspecified atom stereocenters. The number of amidine groups is 1. The van der Waals surface area contributed by atoms with Crippen molar-refractivity contribution in [3.05, 3.63) is 65.7 Å². The summed E-state index contributed by atoms with van der Waals surface area (Å²) in [5, 5.41) is 0. The van der Waals surface area contributed by atoms with Crippen LogP contribution in [0.5, 0.6) is 0 Å². The lowest BCUT2D eigenvalue weighted by Gasteiger charge is -2.23. The maximum atomic E-state index is 12.4. The summed E-state index contributed by atoms with van der Waals surface area (Å²) < 4.78 is 24.8. The fourth-order valence-corrected chi connectivity index (χ4v) is 3.73. The van der Waals surface area contributed by atoms with Crippen molar-refractivity contribution in [2.45, 2.75) is 17.9 Å². The highest BCUT2D eigenvalue weighted by atomic mass is 32.2. The summed E-state index contributed by atoms with van der Waals surface area (Å²) in [7, 11) is -3.39. The minimum Gasteiger partial charge on any atom is -0.268 e. The second-order valence-corrected chi connectivity index (χ2v) is 7.53. The normalized spacial score (nSPS) is 18.1. The first-order valence-electron chi connectivity index (χ1n) is 7.35. The average molecular weight is 330 g/mol. The van der Waals surface area contributed by atoms with Gasteiger partial charge in [-0.1, -0.05) is 48.0 Å². The molecule has 0 aliphatic carbocycles. The third-order valence-electron chi connectivity index (χ3n) is 3.61. The van der Waals surface area contributed by atoms with Crippen molar-refractivity contribution in [3.63, 3.8) is 0 Å². The Balaban J connectivity index is 1.68. The number of hydroxylamine groups is 1. The maximum absolute atomic E-state index is 12.4. The predicted octanol–water partition coefficient (Wildman–Crippen LogP) is 2.12. The highest BCUT2D eigenvalue weighted by Crippen LogP contribution is 2.15. The second kappa shape index (κ2) is 6.52. The van der Waals surface area contributed by atoms with E-state index in [0.717, 1.165) is 11.1 Å². The van der Waals surface area contributed by atoms with E-state index in [-0.39, 0.29) is 5.75 Å². The molecule has 1 N–H and O–H groups in total. The topological polar surface area (TPSA) is 67.8 Å². The number of hydrogen-bond acceptors (Lipinski definition) is 5. The van der Waals surface area contributed by atoms with Crippen molar-refractivity contribution < 1.29 is 13.3 Å². The predicted molar refractivity (Wildman–Crippen MR) is 89.1 cm³/mol. The molecule has 120 valence electrons. The largest absolute Gasteiger partial charge is 0.268 e. The molecule has 0 radical (unpaired) electrons. The smallest absolute Gasteiger partial charge is 0.181 e. The Morgan fingerprint density at radius 2 is 1.83 bits per heavy atom. The van der Waals surface area contributed by atoms with Crippen LogP contribution in [0.25, 0.3) is 0 Å². The van der Waals surface area contributed by atoms with Gasteiger partial charge in [-0.15, -0.1) is 0 Å². The van der Waals surface area contributed by atoms with Crippen molar-refractivity contribution in [2.75, 3.05) is 12.3 Å². The number of nitrogens with zero attached hydrogens (tertiary/aromatic N) is 1. The molecule has 1 heterocycles. The van der Waals surface area contributed by atoms with E-state index in [2.05, 4.69) is 10.5 Å². The molecule has 0 spiro atoms. The van der Waals surface area contributed by atoms with Crippen LogP contribution in [0.1, 0.15) is 11.1 Å². The fraction of sp³-hybridized carbons (Fsp3) is 0.235. The Labute approximate surface area is 135 Å². The van der Waals surface area contributed by atoms with Gasteiger partial charge in [-0.3, -0.25) is 9.83 Å². The van der Waals surface area contributed by atoms with Gasteiger partial charge in [-0.25, -0.2) is 13.9 Å². The average Bonchev–Trinajstić information content (AvgIpc) is 2.56. The molecule has 23 heavy (non-hydrogen) atoms. The molecule has 2 aromatic carbocycles. The molecule has 0 aromatic heterocycles. The van der Waals surface area contributed by atoms with E-state index in [0.29, 0.717) is 17.3 Å². The zero-order valence-electron chi connectivity index (χ0n) is 12.8. The van der Waals surface area contributed by atoms with E-state index in [9.17, 15) is 8.42 Å². The highest BCUT2D eigenvalue weighted by molar-refractivity contribution is 7.91. The minimum absolute atomic E-state index is 0.103. The Kier molecular flexibility index (Phi) is 4.45. The van der Waals surface area contributed by atoms with Gasteiger partial charge in [0.2, 0.25) is 0 Å². The van der Waals surface area contributed by atoms with Gasteiger partial charge in [-0.05, 0) is 19.1 Å². The zero-order chi connectivity index (χ0) is 16.3. The van der Waals surface area contributed by atoms with Crippen LogP contribution >= 0.6 is 0 Å². The van der Waals surface area contributed by atoms with Crippen LogP contribution in [0.2, 0.25) is 0 Å². The molecule has 2 aromatic rings. The molecule has 6 heteroatoms. The third kappa shape index (κ3) is 3.78. The van der Waals surface area contributed by atoms with Gasteiger partial charge in [0.15, 0.2) is 15.7 Å². The Bertz CT molecular complexity index is 799. The van der Waals surface area contributed by atoms with E-state index in [1.165, 1.54) is 0 Å². The lowest BCUT2D eigenvalue weighted by molar-refractivity contribution is 0.0203. The Morgan fingerprint density at radius 1 is 1.13 bits per heavy atom. The summed E-state index contributed by atoms with van der Waals surface area (Å²) in [5.41, 5.74) is 4.69. The molecule has 1 aliphatic heterocycles. The fourth-order valence-electron chi connectivity index (χ4n) is 2.32. The van der Waals surface area contributed by atoms with E-state index in [4.69, 9.17) is 4.84 Å². The number of aryl methyl sites for hydroxylation is 1. The van der Waals surface area contributed by atoms with Crippen LogP contribution in [-0.4, -0.2) is 32.7 Å². The van der Waals surface area contributed by atoms with Crippen LogP contribution in [0.3, 0.4) is 0 Å². The number of rotatable bonds is 4. The first-order chi connectivity index (χ1) is 11.0. The molecule has 0 saturated heterocycles. The van der Waals surface area contributed by atoms with E-state index in [1.807, 2.05) is 37.3 Å². The monoisotopic (exact) mass is 330 g/mol. The SMILES string of the molecule is Cc1ccc(S(=O)(=O)CC2CN=C(c3ccccc3)NO2)cc1. The molecule has 0 bridgehead atoms. The lowest BCUT2D eigenvalue weighted by atomic mass is 10.2. The van der Waals surface area contributed by atoms with Crippen molar-refractivity contribution in [2.24, 2.45) is 4.99 Å². The lowest BCUT2D eigenvalue weighted by Crippen LogP contribution is -2.40.